The number of carbonyl (C=O) groups excluding carboxylic acids is 1. The molecule has 3 rings (SSSR count). The number of anilines is 1. The van der Waals surface area contributed by atoms with E-state index >= 15 is 0 Å². The normalized spacial score (nSPS) is 19.0. The van der Waals surface area contributed by atoms with Gasteiger partial charge in [-0.3, -0.25) is 4.79 Å². The topological polar surface area (TPSA) is 80.4 Å². The molecule has 1 aliphatic heterocycles. The van der Waals surface area contributed by atoms with Gasteiger partial charge in [-0.2, -0.15) is 5.10 Å². The van der Waals surface area contributed by atoms with Crippen molar-refractivity contribution in [2.75, 3.05) is 5.73 Å². The summed E-state index contributed by atoms with van der Waals surface area (Å²) in [6.45, 7) is 4.12. The third kappa shape index (κ3) is 2.16. The number of thiazole rings is 1. The van der Waals surface area contributed by atoms with Crippen LogP contribution in [0.3, 0.4) is 0 Å². The highest BCUT2D eigenvalue weighted by atomic mass is 32.1. The van der Waals surface area contributed by atoms with Crippen LogP contribution in [-0.2, 0) is 11.2 Å². The van der Waals surface area contributed by atoms with Gasteiger partial charge in [0.25, 0.3) is 0 Å². The van der Waals surface area contributed by atoms with Gasteiger partial charge >= 0.3 is 0 Å². The Balaban J connectivity index is 2.14. The molecule has 2 aromatic rings. The number of hydrogen-bond acceptors (Lipinski definition) is 5. The average molecular weight is 288 g/mol. The predicted octanol–water partition coefficient (Wildman–Crippen LogP) is 2.30. The molecule has 0 aliphatic carbocycles. The molecule has 0 spiro atoms. The Morgan fingerprint density at radius 2 is 2.30 bits per heavy atom. The van der Waals surface area contributed by atoms with Crippen LogP contribution in [0.5, 0.6) is 0 Å². The van der Waals surface area contributed by atoms with E-state index in [1.165, 1.54) is 11.3 Å². The van der Waals surface area contributed by atoms with Crippen molar-refractivity contribution in [1.82, 2.24) is 10.4 Å². The SMILES string of the molecule is CCc1cc(C2=NNC(=O)CC2C)cc2sc(N)nc12. The zero-order chi connectivity index (χ0) is 14.3. The first kappa shape index (κ1) is 13.1. The molecule has 104 valence electrons. The van der Waals surface area contributed by atoms with Crippen LogP contribution in [0.4, 0.5) is 5.13 Å². The quantitative estimate of drug-likeness (QED) is 0.889. The fourth-order valence-electron chi connectivity index (χ4n) is 2.54. The number of hydrazone groups is 1. The van der Waals surface area contributed by atoms with E-state index in [2.05, 4.69) is 34.6 Å². The first-order valence-electron chi connectivity index (χ1n) is 6.64. The summed E-state index contributed by atoms with van der Waals surface area (Å²) in [5.74, 6) is 0.0938. The Labute approximate surface area is 120 Å². The van der Waals surface area contributed by atoms with E-state index in [1.54, 1.807) is 0 Å². The third-order valence-corrected chi connectivity index (χ3v) is 4.36. The summed E-state index contributed by atoms with van der Waals surface area (Å²) in [5, 5.41) is 4.80. The summed E-state index contributed by atoms with van der Waals surface area (Å²) in [6, 6.07) is 4.17. The summed E-state index contributed by atoms with van der Waals surface area (Å²) in [6.07, 6.45) is 1.37. The van der Waals surface area contributed by atoms with Crippen molar-refractivity contribution in [2.24, 2.45) is 11.0 Å². The second-order valence-corrected chi connectivity index (χ2v) is 6.09. The number of fused-ring (bicyclic) bond motifs is 1. The van der Waals surface area contributed by atoms with Gasteiger partial charge in [-0.15, -0.1) is 0 Å². The van der Waals surface area contributed by atoms with Crippen LogP contribution in [-0.4, -0.2) is 16.6 Å². The van der Waals surface area contributed by atoms with Crippen molar-refractivity contribution in [1.29, 1.82) is 0 Å². The fraction of sp³-hybridized carbons (Fsp3) is 0.357. The number of nitrogens with one attached hydrogen (secondary N) is 1. The van der Waals surface area contributed by atoms with Crippen LogP contribution in [0.1, 0.15) is 31.4 Å². The number of aryl methyl sites for hydroxylation is 1. The number of amides is 1. The van der Waals surface area contributed by atoms with E-state index in [9.17, 15) is 4.79 Å². The molecule has 20 heavy (non-hydrogen) atoms. The number of benzene rings is 1. The predicted molar refractivity (Wildman–Crippen MR) is 81.9 cm³/mol. The lowest BCUT2D eigenvalue weighted by molar-refractivity contribution is -0.121. The van der Waals surface area contributed by atoms with E-state index in [4.69, 9.17) is 5.73 Å². The number of hydrogen-bond donors (Lipinski definition) is 2. The molecule has 1 atom stereocenters. The number of nitrogens with two attached hydrogens (primary N) is 1. The molecule has 1 aromatic heterocycles. The second-order valence-electron chi connectivity index (χ2n) is 5.02. The van der Waals surface area contributed by atoms with Gasteiger partial charge in [-0.25, -0.2) is 10.4 Å². The molecule has 5 nitrogen and oxygen atoms in total. The van der Waals surface area contributed by atoms with E-state index in [-0.39, 0.29) is 11.8 Å². The van der Waals surface area contributed by atoms with Gasteiger partial charge in [0, 0.05) is 12.3 Å². The van der Waals surface area contributed by atoms with Crippen molar-refractivity contribution in [3.8, 4) is 0 Å². The number of aromatic nitrogens is 1. The van der Waals surface area contributed by atoms with Crippen LogP contribution in [0.2, 0.25) is 0 Å². The molecule has 0 saturated heterocycles. The number of rotatable bonds is 2. The van der Waals surface area contributed by atoms with Crippen molar-refractivity contribution in [2.45, 2.75) is 26.7 Å². The van der Waals surface area contributed by atoms with Crippen LogP contribution < -0.4 is 11.2 Å². The smallest absolute Gasteiger partial charge is 0.240 e. The maximum atomic E-state index is 11.3. The van der Waals surface area contributed by atoms with Crippen molar-refractivity contribution in [3.05, 3.63) is 23.3 Å². The first-order chi connectivity index (χ1) is 9.58. The lowest BCUT2D eigenvalue weighted by Gasteiger charge is -2.19. The molecule has 1 aliphatic rings. The highest BCUT2D eigenvalue weighted by Crippen LogP contribution is 2.30. The molecule has 1 aromatic carbocycles. The molecular weight excluding hydrogens is 272 g/mol. The monoisotopic (exact) mass is 288 g/mol. The summed E-state index contributed by atoms with van der Waals surface area (Å²) in [5.41, 5.74) is 12.5. The number of carbonyl (C=O) groups is 1. The van der Waals surface area contributed by atoms with Crippen molar-refractivity contribution in [3.63, 3.8) is 0 Å². The van der Waals surface area contributed by atoms with Crippen LogP contribution >= 0.6 is 11.3 Å². The average Bonchev–Trinajstić information content (AvgIpc) is 2.77. The standard InChI is InChI=1S/C14H16N4OS/c1-3-8-5-9(6-10-13(8)16-14(15)20-10)12-7(2)4-11(19)17-18-12/h5-7H,3-4H2,1-2H3,(H2,15,16)(H,17,19). The van der Waals surface area contributed by atoms with Crippen LogP contribution in [0.15, 0.2) is 17.2 Å². The summed E-state index contributed by atoms with van der Waals surface area (Å²) < 4.78 is 1.07. The second kappa shape index (κ2) is 4.86. The molecule has 6 heteroatoms. The van der Waals surface area contributed by atoms with Gasteiger partial charge in [0.15, 0.2) is 5.13 Å². The van der Waals surface area contributed by atoms with Gasteiger partial charge in [-0.05, 0) is 29.7 Å². The molecule has 3 N–H and O–H groups in total. The Kier molecular flexibility index (Phi) is 3.17. The van der Waals surface area contributed by atoms with Gasteiger partial charge in [0.2, 0.25) is 5.91 Å². The zero-order valence-corrected chi connectivity index (χ0v) is 12.3. The van der Waals surface area contributed by atoms with Gasteiger partial charge in [0.05, 0.1) is 15.9 Å². The lowest BCUT2D eigenvalue weighted by Crippen LogP contribution is -2.32. The van der Waals surface area contributed by atoms with E-state index in [0.29, 0.717) is 11.6 Å². The maximum absolute atomic E-state index is 11.3. The van der Waals surface area contributed by atoms with Crippen LogP contribution in [0.25, 0.3) is 10.2 Å². The minimum absolute atomic E-state index is 0.0277. The van der Waals surface area contributed by atoms with Crippen molar-refractivity contribution < 1.29 is 4.79 Å². The molecule has 0 bridgehead atoms. The first-order valence-corrected chi connectivity index (χ1v) is 7.46. The number of nitrogen functional groups attached to an aromatic ring is 1. The highest BCUT2D eigenvalue weighted by molar-refractivity contribution is 7.22. The van der Waals surface area contributed by atoms with Crippen LogP contribution in [0, 0.1) is 5.92 Å². The minimum atomic E-state index is -0.0277. The molecule has 0 fully saturated rings. The fourth-order valence-corrected chi connectivity index (χ4v) is 3.36. The molecule has 0 saturated carbocycles. The minimum Gasteiger partial charge on any atom is -0.375 e. The van der Waals surface area contributed by atoms with E-state index in [1.807, 2.05) is 6.92 Å². The Bertz CT molecular complexity index is 719. The zero-order valence-electron chi connectivity index (χ0n) is 11.4. The molecule has 1 amide bonds. The van der Waals surface area contributed by atoms with Gasteiger partial charge < -0.3 is 5.73 Å². The van der Waals surface area contributed by atoms with E-state index in [0.717, 1.165) is 33.5 Å². The molecule has 0 radical (unpaired) electrons. The summed E-state index contributed by atoms with van der Waals surface area (Å²) in [4.78, 5) is 15.7. The summed E-state index contributed by atoms with van der Waals surface area (Å²) >= 11 is 1.49. The summed E-state index contributed by atoms with van der Waals surface area (Å²) in [7, 11) is 0. The third-order valence-electron chi connectivity index (χ3n) is 3.53. The molecule has 2 heterocycles. The Hall–Kier alpha value is -1.95. The van der Waals surface area contributed by atoms with Gasteiger partial charge in [-0.1, -0.05) is 25.2 Å². The highest BCUT2D eigenvalue weighted by Gasteiger charge is 2.22. The number of nitrogens with zero attached hydrogens (tertiary/aromatic N) is 2. The molecular formula is C14H16N4OS. The lowest BCUT2D eigenvalue weighted by atomic mass is 9.92. The van der Waals surface area contributed by atoms with Gasteiger partial charge in [0.1, 0.15) is 0 Å². The van der Waals surface area contributed by atoms with Crippen molar-refractivity contribution >= 4 is 38.3 Å². The largest absolute Gasteiger partial charge is 0.375 e. The Morgan fingerprint density at radius 1 is 1.50 bits per heavy atom. The maximum Gasteiger partial charge on any atom is 0.240 e. The molecule has 1 unspecified atom stereocenters. The Morgan fingerprint density at radius 3 is 3.00 bits per heavy atom. The van der Waals surface area contributed by atoms with E-state index < -0.39 is 0 Å².